The van der Waals surface area contributed by atoms with Gasteiger partial charge in [-0.1, -0.05) is 60.7 Å². The van der Waals surface area contributed by atoms with Crippen molar-refractivity contribution in [2.45, 2.75) is 32.0 Å². The van der Waals surface area contributed by atoms with Gasteiger partial charge in [-0.05, 0) is 12.5 Å². The fourth-order valence-corrected chi connectivity index (χ4v) is 2.61. The van der Waals surface area contributed by atoms with E-state index in [2.05, 4.69) is 47.9 Å². The Labute approximate surface area is 196 Å². The van der Waals surface area contributed by atoms with Crippen LogP contribution in [0.4, 0.5) is 0 Å². The molecule has 11 heteroatoms. The Morgan fingerprint density at radius 1 is 0.824 bits per heavy atom. The van der Waals surface area contributed by atoms with Gasteiger partial charge in [-0.25, -0.2) is 9.59 Å². The molecule has 0 saturated carbocycles. The number of carbonyl (C=O) groups excluding carboxylic acids is 2. The van der Waals surface area contributed by atoms with E-state index >= 15 is 0 Å². The second-order valence-electron chi connectivity index (χ2n) is 7.04. The molecule has 0 bridgehead atoms. The minimum atomic E-state index is -2.07. The summed E-state index contributed by atoms with van der Waals surface area (Å²) >= 11 is 0. The molecule has 0 heterocycles. The summed E-state index contributed by atoms with van der Waals surface area (Å²) in [4.78, 5) is 36.1. The number of hydrogen-bond acceptors (Lipinski definition) is 7. The molecule has 0 fully saturated rings. The van der Waals surface area contributed by atoms with Crippen LogP contribution in [0.2, 0.25) is 0 Å². The Morgan fingerprint density at radius 2 is 1.26 bits per heavy atom. The predicted molar refractivity (Wildman–Crippen MR) is 114 cm³/mol. The second-order valence-corrected chi connectivity index (χ2v) is 7.04. The van der Waals surface area contributed by atoms with Crippen LogP contribution >= 0.6 is 0 Å². The Bertz CT molecular complexity index is 829. The van der Waals surface area contributed by atoms with Gasteiger partial charge in [0.25, 0.3) is 0 Å². The van der Waals surface area contributed by atoms with E-state index < -0.39 is 30.0 Å². The summed E-state index contributed by atoms with van der Waals surface area (Å²) in [7, 11) is 0. The Morgan fingerprint density at radius 3 is 1.71 bits per heavy atom. The fourth-order valence-electron chi connectivity index (χ4n) is 2.61. The van der Waals surface area contributed by atoms with E-state index in [4.69, 9.17) is 39.6 Å². The molecular formula is C23H30N2O9. The molecule has 7 N–H and O–H groups in total. The molecule has 0 amide bonds. The minimum absolute atomic E-state index is 0.191. The first-order valence-electron chi connectivity index (χ1n) is 10.4. The highest BCUT2D eigenvalue weighted by Crippen LogP contribution is 2.13. The molecule has 0 aromatic heterocycles. The number of hydrogen-bond donors (Lipinski definition) is 5. The molecule has 0 aliphatic rings. The maximum Gasteiger partial charge on any atom is 0.351 e. The smallest absolute Gasteiger partial charge is 0.351 e. The first kappa shape index (κ1) is 30.2. The SMILES string of the molecule is CC([NH2+]CCC[NH2+]Cc1ccccc1)C(O)c1ccccc1.O=C([O-])C(=O)O.O=C([O-])C(=O)O. The lowest BCUT2D eigenvalue weighted by molar-refractivity contribution is -0.709. The lowest BCUT2D eigenvalue weighted by Gasteiger charge is -2.17. The summed E-state index contributed by atoms with van der Waals surface area (Å²) in [6.45, 7) is 5.31. The highest BCUT2D eigenvalue weighted by Gasteiger charge is 2.18. The zero-order valence-corrected chi connectivity index (χ0v) is 18.7. The van der Waals surface area contributed by atoms with Crippen LogP contribution in [0.15, 0.2) is 60.7 Å². The Balaban J connectivity index is 0.000000750. The van der Waals surface area contributed by atoms with Crippen LogP contribution in [0.1, 0.15) is 30.6 Å². The van der Waals surface area contributed by atoms with E-state index in [1.54, 1.807) is 0 Å². The van der Waals surface area contributed by atoms with Crippen molar-refractivity contribution in [3.8, 4) is 0 Å². The van der Waals surface area contributed by atoms with Crippen LogP contribution in [0, 0.1) is 0 Å². The van der Waals surface area contributed by atoms with Crippen molar-refractivity contribution in [2.24, 2.45) is 0 Å². The predicted octanol–water partition coefficient (Wildman–Crippen LogP) is -3.53. The van der Waals surface area contributed by atoms with E-state index in [-0.39, 0.29) is 6.04 Å². The summed E-state index contributed by atoms with van der Waals surface area (Å²) in [5.74, 6) is -8.02. The topological polar surface area (TPSA) is 208 Å². The van der Waals surface area contributed by atoms with Crippen molar-refractivity contribution in [1.29, 1.82) is 0 Å². The van der Waals surface area contributed by atoms with E-state index in [0.717, 1.165) is 31.6 Å². The lowest BCUT2D eigenvalue weighted by atomic mass is 10.0. The monoisotopic (exact) mass is 478 g/mol. The van der Waals surface area contributed by atoms with Gasteiger partial charge in [-0.3, -0.25) is 0 Å². The minimum Gasteiger partial charge on any atom is -0.539 e. The standard InChI is InChI=1S/C19H26N2O.2C2H2O4/c1-16(19(22)18-11-6-3-7-12-18)21-14-8-13-20-15-17-9-4-2-5-10-17;2*3-1(4)2(5)6/h2-7,9-12,16,19-22H,8,13-15H2,1H3;2*(H,3,4)(H,5,6). The third-order valence-corrected chi connectivity index (χ3v) is 4.36. The average Bonchev–Trinajstić information content (AvgIpc) is 2.82. The Hall–Kier alpha value is -3.80. The number of nitrogens with two attached hydrogens (primary N) is 2. The summed E-state index contributed by atoms with van der Waals surface area (Å²) in [5, 5.41) is 47.5. The van der Waals surface area contributed by atoms with Gasteiger partial charge in [0.1, 0.15) is 18.7 Å². The molecule has 2 atom stereocenters. The van der Waals surface area contributed by atoms with Crippen LogP contribution in [0.25, 0.3) is 0 Å². The van der Waals surface area contributed by atoms with Gasteiger partial charge in [0, 0.05) is 12.0 Å². The molecule has 0 saturated heterocycles. The van der Waals surface area contributed by atoms with Gasteiger partial charge in [-0.15, -0.1) is 0 Å². The fraction of sp³-hybridized carbons (Fsp3) is 0.304. The summed E-state index contributed by atoms with van der Waals surface area (Å²) in [5.41, 5.74) is 2.38. The number of aliphatic hydroxyl groups excluding tert-OH is 1. The van der Waals surface area contributed by atoms with E-state index in [9.17, 15) is 5.11 Å². The van der Waals surface area contributed by atoms with Crippen LogP contribution in [-0.4, -0.2) is 58.3 Å². The van der Waals surface area contributed by atoms with Crippen molar-refractivity contribution in [2.75, 3.05) is 13.1 Å². The summed E-state index contributed by atoms with van der Waals surface area (Å²) in [6, 6.07) is 20.7. The molecule has 2 unspecified atom stereocenters. The number of benzene rings is 2. The average molecular weight is 478 g/mol. The maximum atomic E-state index is 10.3. The number of carboxylic acids is 4. The van der Waals surface area contributed by atoms with Crippen molar-refractivity contribution in [3.63, 3.8) is 0 Å². The Kier molecular flexibility index (Phi) is 15.7. The van der Waals surface area contributed by atoms with Gasteiger partial charge in [0.05, 0.1) is 13.1 Å². The number of carboxylic acid groups (broad SMARTS) is 4. The summed E-state index contributed by atoms with van der Waals surface area (Å²) < 4.78 is 0. The second kappa shape index (κ2) is 17.7. The molecule has 0 spiro atoms. The molecule has 2 rings (SSSR count). The van der Waals surface area contributed by atoms with Crippen molar-refractivity contribution in [1.82, 2.24) is 0 Å². The molecule has 34 heavy (non-hydrogen) atoms. The van der Waals surface area contributed by atoms with Crippen LogP contribution in [-0.2, 0) is 25.7 Å². The highest BCUT2D eigenvalue weighted by molar-refractivity contribution is 6.26. The van der Waals surface area contributed by atoms with Gasteiger partial charge >= 0.3 is 11.9 Å². The molecule has 2 aromatic carbocycles. The van der Waals surface area contributed by atoms with E-state index in [1.165, 1.54) is 5.56 Å². The largest absolute Gasteiger partial charge is 0.539 e. The number of carbonyl (C=O) groups is 4. The molecule has 2 aromatic rings. The summed E-state index contributed by atoms with van der Waals surface area (Å²) in [6.07, 6.45) is 0.757. The van der Waals surface area contributed by atoms with Crippen LogP contribution in [0.5, 0.6) is 0 Å². The molecule has 186 valence electrons. The molecule has 11 nitrogen and oxygen atoms in total. The van der Waals surface area contributed by atoms with Gasteiger partial charge in [0.15, 0.2) is 11.9 Å². The zero-order valence-electron chi connectivity index (χ0n) is 18.7. The highest BCUT2D eigenvalue weighted by atomic mass is 16.4. The zero-order chi connectivity index (χ0) is 25.9. The molecule has 0 aliphatic heterocycles. The quantitative estimate of drug-likeness (QED) is 0.178. The lowest BCUT2D eigenvalue weighted by Crippen LogP contribution is -2.92. The maximum absolute atomic E-state index is 10.3. The van der Waals surface area contributed by atoms with Gasteiger partial charge in [0.2, 0.25) is 0 Å². The van der Waals surface area contributed by atoms with Crippen molar-refractivity contribution < 1.29 is 55.3 Å². The number of aliphatic hydroxyl groups is 1. The normalized spacial score (nSPS) is 11.5. The molecule has 0 radical (unpaired) electrons. The van der Waals surface area contributed by atoms with Crippen molar-refractivity contribution >= 4 is 23.9 Å². The van der Waals surface area contributed by atoms with Crippen LogP contribution < -0.4 is 20.8 Å². The van der Waals surface area contributed by atoms with Gasteiger partial charge in [-0.2, -0.15) is 0 Å². The molecular weight excluding hydrogens is 448 g/mol. The number of rotatable bonds is 9. The van der Waals surface area contributed by atoms with E-state index in [0.29, 0.717) is 0 Å². The first-order valence-corrected chi connectivity index (χ1v) is 10.4. The van der Waals surface area contributed by atoms with E-state index in [1.807, 2.05) is 30.3 Å². The van der Waals surface area contributed by atoms with Gasteiger partial charge < -0.3 is 45.8 Å². The third-order valence-electron chi connectivity index (χ3n) is 4.36. The number of aliphatic carboxylic acids is 4. The van der Waals surface area contributed by atoms with Crippen LogP contribution in [0.3, 0.4) is 0 Å². The third kappa shape index (κ3) is 15.1. The van der Waals surface area contributed by atoms with Crippen molar-refractivity contribution in [3.05, 3.63) is 71.8 Å². The first-order chi connectivity index (χ1) is 16.1. The number of quaternary nitrogens is 2. The molecule has 0 aliphatic carbocycles.